The van der Waals surface area contributed by atoms with Gasteiger partial charge in [-0.05, 0) is 71.2 Å². The van der Waals surface area contributed by atoms with Crippen LogP contribution in [0, 0.1) is 32.8 Å². The quantitative estimate of drug-likeness (QED) is 0.131. The Balaban J connectivity index is 0. The number of allylic oxidation sites excluding steroid dienone is 4. The van der Waals surface area contributed by atoms with Gasteiger partial charge in [0.15, 0.2) is 43.3 Å². The van der Waals surface area contributed by atoms with Crippen molar-refractivity contribution in [2.75, 3.05) is 42.7 Å². The summed E-state index contributed by atoms with van der Waals surface area (Å²) in [5, 5.41) is 3.16. The van der Waals surface area contributed by atoms with Gasteiger partial charge in [0.25, 0.3) is 0 Å². The van der Waals surface area contributed by atoms with E-state index in [-0.39, 0.29) is 58.9 Å². The first-order valence-electron chi connectivity index (χ1n) is 14.3. The average molecular weight is 757 g/mol. The summed E-state index contributed by atoms with van der Waals surface area (Å²) in [6.45, 7) is 14.9. The van der Waals surface area contributed by atoms with Crippen LogP contribution in [0.1, 0.15) is 44.4 Å². The Kier molecular flexibility index (Phi) is 20.9. The third-order valence-corrected chi connectivity index (χ3v) is 11.6. The molecule has 3 aromatic rings. The standard InChI is InChI=1S/C27H33O6Si.C9H13.3ClH.Ti/c1-16-10-13-19(28-4)22(31-7)25(16)34(26-17(2)11-14-20(29-5)23(26)32-8)27-18(3)12-15-21(30-6)24(27)33-9;1-6-5-7(2)9(4)8(6)3;;;;/h10-15H,1-9H3;6H,1-4H3;3*1H;/q;-1;;;;+4/p-3. The maximum atomic E-state index is 5.97. The summed E-state index contributed by atoms with van der Waals surface area (Å²) in [5.74, 6) is 4.67. The van der Waals surface area contributed by atoms with Crippen LogP contribution in [0.3, 0.4) is 0 Å². The summed E-state index contributed by atoms with van der Waals surface area (Å²) in [5.41, 5.74) is 7.50. The van der Waals surface area contributed by atoms with E-state index in [1.54, 1.807) is 42.7 Å². The van der Waals surface area contributed by atoms with Crippen molar-refractivity contribution in [1.82, 2.24) is 0 Å². The van der Waals surface area contributed by atoms with E-state index in [4.69, 9.17) is 28.4 Å². The maximum absolute atomic E-state index is 5.97. The number of aryl methyl sites for hydroxylation is 3. The van der Waals surface area contributed by atoms with Gasteiger partial charge in [-0.15, -0.1) is 6.92 Å². The average Bonchev–Trinajstić information content (AvgIpc) is 3.23. The molecule has 1 radical (unpaired) electrons. The predicted octanol–water partition coefficient (Wildman–Crippen LogP) is -3.09. The Morgan fingerprint density at radius 3 is 0.979 bits per heavy atom. The van der Waals surface area contributed by atoms with Gasteiger partial charge < -0.3 is 65.6 Å². The van der Waals surface area contributed by atoms with Crippen LogP contribution >= 0.6 is 0 Å². The molecule has 0 bridgehead atoms. The molecule has 0 N–H and O–H groups in total. The van der Waals surface area contributed by atoms with E-state index in [0.29, 0.717) is 40.4 Å². The second-order valence-corrected chi connectivity index (χ2v) is 12.9. The van der Waals surface area contributed by atoms with Gasteiger partial charge in [0.1, 0.15) is 0 Å². The van der Waals surface area contributed by atoms with Crippen molar-refractivity contribution >= 4 is 24.4 Å². The van der Waals surface area contributed by atoms with Crippen LogP contribution < -0.4 is 81.2 Å². The molecule has 0 aromatic heterocycles. The fourth-order valence-electron chi connectivity index (χ4n) is 5.55. The molecule has 1 unspecified atom stereocenters. The normalized spacial score (nSPS) is 13.0. The van der Waals surface area contributed by atoms with Crippen molar-refractivity contribution in [2.45, 2.75) is 48.5 Å². The van der Waals surface area contributed by atoms with Crippen LogP contribution in [0.15, 0.2) is 53.1 Å². The van der Waals surface area contributed by atoms with Gasteiger partial charge in [0.05, 0.1) is 42.7 Å². The van der Waals surface area contributed by atoms with E-state index >= 15 is 0 Å². The van der Waals surface area contributed by atoms with Gasteiger partial charge in [-0.25, -0.2) is 5.57 Å². The summed E-state index contributed by atoms with van der Waals surface area (Å²) in [7, 11) is 8.17. The van der Waals surface area contributed by atoms with Crippen LogP contribution in [0.5, 0.6) is 34.5 Å². The summed E-state index contributed by atoms with van der Waals surface area (Å²) in [6, 6.07) is 12.0. The van der Waals surface area contributed by atoms with Crippen molar-refractivity contribution in [3.05, 3.63) is 75.9 Å². The van der Waals surface area contributed by atoms with Crippen molar-refractivity contribution in [1.29, 1.82) is 0 Å². The van der Waals surface area contributed by atoms with Crippen molar-refractivity contribution in [2.24, 2.45) is 5.92 Å². The molecule has 0 amide bonds. The van der Waals surface area contributed by atoms with Crippen LogP contribution in [0.25, 0.3) is 0 Å². The summed E-state index contributed by atoms with van der Waals surface area (Å²) in [4.78, 5) is 0. The van der Waals surface area contributed by atoms with E-state index in [9.17, 15) is 0 Å². The molecule has 1 aliphatic carbocycles. The molecule has 0 heterocycles. The smallest absolute Gasteiger partial charge is 1.00 e. The first kappa shape index (κ1) is 46.9. The number of benzene rings is 3. The number of methoxy groups -OCH3 is 6. The molecule has 4 rings (SSSR count). The summed E-state index contributed by atoms with van der Waals surface area (Å²) >= 11 is 0. The van der Waals surface area contributed by atoms with Gasteiger partial charge >= 0.3 is 21.7 Å². The Bertz CT molecular complexity index is 1400. The van der Waals surface area contributed by atoms with Crippen LogP contribution in [0.2, 0.25) is 0 Å². The number of ether oxygens (including phenoxy) is 6. The largest absolute Gasteiger partial charge is 4.00 e. The third-order valence-electron chi connectivity index (χ3n) is 8.25. The molecule has 0 fully saturated rings. The Labute approximate surface area is 317 Å². The minimum Gasteiger partial charge on any atom is -1.00 e. The van der Waals surface area contributed by atoms with E-state index in [0.717, 1.165) is 32.3 Å². The molecule has 1 atom stereocenters. The fraction of sp³-hybridized carbons (Fsp3) is 0.389. The summed E-state index contributed by atoms with van der Waals surface area (Å²) in [6.07, 6.45) is 3.36. The molecule has 0 saturated heterocycles. The van der Waals surface area contributed by atoms with Crippen LogP contribution in [-0.2, 0) is 21.7 Å². The monoisotopic (exact) mass is 755 g/mol. The Hall–Kier alpha value is -2.26. The minimum absolute atomic E-state index is 0. The molecule has 0 spiro atoms. The number of halogens is 3. The SMILES string of the molecule is CC1=[C-]C(C)C(C)=C1C.COc1ccc(C)c([Si](c2c(C)ccc(OC)c2OC)c2c(C)ccc(OC)c2OC)c1OC.[Cl-].[Cl-].[Cl-].[Ti+4]. The third kappa shape index (κ3) is 9.68. The topological polar surface area (TPSA) is 55.4 Å². The zero-order valence-corrected chi connectivity index (χ0v) is 34.5. The first-order valence-corrected chi connectivity index (χ1v) is 15.8. The van der Waals surface area contributed by atoms with Gasteiger partial charge in [0.2, 0.25) is 0 Å². The molecule has 47 heavy (non-hydrogen) atoms. The molecule has 0 aliphatic heterocycles. The molecule has 1 aliphatic rings. The Morgan fingerprint density at radius 2 is 0.809 bits per heavy atom. The zero-order chi connectivity index (χ0) is 32.0. The van der Waals surface area contributed by atoms with Gasteiger partial charge in [0, 0.05) is 0 Å². The molecule has 6 nitrogen and oxygen atoms in total. The van der Waals surface area contributed by atoms with E-state index < -0.39 is 8.80 Å². The van der Waals surface area contributed by atoms with E-state index in [1.165, 1.54) is 16.7 Å². The number of hydrogen-bond donors (Lipinski definition) is 0. The molecule has 255 valence electrons. The molecular formula is C36H46Cl3O6SiTi. The molecular weight excluding hydrogens is 711 g/mol. The molecule has 3 aromatic carbocycles. The summed E-state index contributed by atoms with van der Waals surface area (Å²) < 4.78 is 35.0. The first-order chi connectivity index (χ1) is 20.5. The van der Waals surface area contributed by atoms with E-state index in [2.05, 4.69) is 72.7 Å². The van der Waals surface area contributed by atoms with Gasteiger partial charge in [-0.3, -0.25) is 6.08 Å². The number of hydrogen-bond acceptors (Lipinski definition) is 6. The van der Waals surface area contributed by atoms with Crippen molar-refractivity contribution < 1.29 is 87.4 Å². The second-order valence-electron chi connectivity index (χ2n) is 10.7. The minimum atomic E-state index is -1.80. The van der Waals surface area contributed by atoms with Crippen LogP contribution in [0.4, 0.5) is 0 Å². The molecule has 11 heteroatoms. The van der Waals surface area contributed by atoms with Crippen LogP contribution in [-0.4, -0.2) is 51.5 Å². The zero-order valence-electron chi connectivity index (χ0n) is 29.6. The maximum Gasteiger partial charge on any atom is 4.00 e. The van der Waals surface area contributed by atoms with Crippen molar-refractivity contribution in [3.63, 3.8) is 0 Å². The van der Waals surface area contributed by atoms with Gasteiger partial charge in [-0.2, -0.15) is 11.1 Å². The Morgan fingerprint density at radius 1 is 0.511 bits per heavy atom. The number of rotatable bonds is 9. The molecule has 0 saturated carbocycles. The van der Waals surface area contributed by atoms with E-state index in [1.807, 2.05) is 18.2 Å². The van der Waals surface area contributed by atoms with Crippen molar-refractivity contribution in [3.8, 4) is 34.5 Å². The van der Waals surface area contributed by atoms with Gasteiger partial charge in [-0.1, -0.05) is 44.9 Å². The fourth-order valence-corrected chi connectivity index (χ4v) is 9.09. The second kappa shape index (κ2) is 21.0. The predicted molar refractivity (Wildman–Crippen MR) is 177 cm³/mol.